The first kappa shape index (κ1) is 27.3. The molecule has 6 atom stereocenters. The molecule has 0 aromatic carbocycles. The van der Waals surface area contributed by atoms with Gasteiger partial charge in [-0.1, -0.05) is 35.2 Å². The first-order chi connectivity index (χ1) is 15.8. The number of halogens is 1. The van der Waals surface area contributed by atoms with Crippen LogP contribution in [0.2, 0.25) is 0 Å². The summed E-state index contributed by atoms with van der Waals surface area (Å²) in [4.78, 5) is 13.4. The van der Waals surface area contributed by atoms with Gasteiger partial charge >= 0.3 is 0 Å². The SMILES string of the molecule is COC1CCC(OC)C(NC(=O)CN(C2CCCCC2)S(=O)(=O)C2CC(Br)CCC2OC)C1. The van der Waals surface area contributed by atoms with Crippen molar-refractivity contribution >= 4 is 31.9 Å². The van der Waals surface area contributed by atoms with Crippen molar-refractivity contribution in [1.82, 2.24) is 9.62 Å². The molecule has 0 spiro atoms. The van der Waals surface area contributed by atoms with Gasteiger partial charge in [-0.2, -0.15) is 4.31 Å². The van der Waals surface area contributed by atoms with Gasteiger partial charge in [0.2, 0.25) is 15.9 Å². The topological polar surface area (TPSA) is 94.2 Å². The number of amides is 1. The Morgan fingerprint density at radius 3 is 2.21 bits per heavy atom. The Kier molecular flexibility index (Phi) is 10.5. The molecule has 3 saturated carbocycles. The summed E-state index contributed by atoms with van der Waals surface area (Å²) in [6, 6.07) is -0.329. The lowest BCUT2D eigenvalue weighted by molar-refractivity contribution is -0.124. The zero-order valence-corrected chi connectivity index (χ0v) is 22.6. The van der Waals surface area contributed by atoms with E-state index in [9.17, 15) is 13.2 Å². The monoisotopic (exact) mass is 552 g/mol. The lowest BCUT2D eigenvalue weighted by Crippen LogP contribution is -2.56. The van der Waals surface area contributed by atoms with Crippen LogP contribution in [0.25, 0.3) is 0 Å². The first-order valence-electron chi connectivity index (χ1n) is 12.3. The van der Waals surface area contributed by atoms with Crippen molar-refractivity contribution in [2.24, 2.45) is 0 Å². The number of sulfonamides is 1. The summed E-state index contributed by atoms with van der Waals surface area (Å²) in [6.45, 7) is -0.155. The minimum atomic E-state index is -3.73. The highest BCUT2D eigenvalue weighted by molar-refractivity contribution is 9.09. The van der Waals surface area contributed by atoms with Crippen molar-refractivity contribution in [3.63, 3.8) is 0 Å². The molecule has 1 amide bonds. The van der Waals surface area contributed by atoms with Gasteiger partial charge in [-0.05, 0) is 51.4 Å². The fraction of sp³-hybridized carbons (Fsp3) is 0.957. The van der Waals surface area contributed by atoms with E-state index in [2.05, 4.69) is 21.2 Å². The summed E-state index contributed by atoms with van der Waals surface area (Å²) in [5.41, 5.74) is 0. The minimum Gasteiger partial charge on any atom is -0.381 e. The Balaban J connectivity index is 1.78. The van der Waals surface area contributed by atoms with Gasteiger partial charge in [-0.3, -0.25) is 4.79 Å². The van der Waals surface area contributed by atoms with E-state index in [0.717, 1.165) is 51.4 Å². The van der Waals surface area contributed by atoms with Crippen LogP contribution in [0.3, 0.4) is 0 Å². The van der Waals surface area contributed by atoms with Gasteiger partial charge in [0.25, 0.3) is 0 Å². The Morgan fingerprint density at radius 1 is 0.909 bits per heavy atom. The largest absolute Gasteiger partial charge is 0.381 e. The molecule has 0 aliphatic heterocycles. The molecule has 6 unspecified atom stereocenters. The number of rotatable bonds is 9. The molecule has 0 heterocycles. The van der Waals surface area contributed by atoms with Crippen LogP contribution in [0, 0.1) is 0 Å². The number of methoxy groups -OCH3 is 3. The number of nitrogens with one attached hydrogen (secondary N) is 1. The lowest BCUT2D eigenvalue weighted by atomic mass is 9.90. The van der Waals surface area contributed by atoms with Crippen LogP contribution in [0.1, 0.15) is 70.6 Å². The Morgan fingerprint density at radius 2 is 1.58 bits per heavy atom. The average molecular weight is 554 g/mol. The van der Waals surface area contributed by atoms with Gasteiger partial charge in [0.05, 0.1) is 30.9 Å². The Labute approximate surface area is 207 Å². The van der Waals surface area contributed by atoms with E-state index < -0.39 is 15.3 Å². The van der Waals surface area contributed by atoms with Crippen molar-refractivity contribution in [1.29, 1.82) is 0 Å². The van der Waals surface area contributed by atoms with E-state index in [0.29, 0.717) is 19.3 Å². The van der Waals surface area contributed by atoms with Crippen molar-refractivity contribution < 1.29 is 27.4 Å². The fourth-order valence-corrected chi connectivity index (χ4v) is 9.04. The number of hydrogen-bond donors (Lipinski definition) is 1. The number of carbonyl (C=O) groups is 1. The van der Waals surface area contributed by atoms with Gasteiger partial charge in [0, 0.05) is 32.2 Å². The summed E-state index contributed by atoms with van der Waals surface area (Å²) in [7, 11) is 1.19. The van der Waals surface area contributed by atoms with Crippen molar-refractivity contribution in [2.75, 3.05) is 27.9 Å². The molecule has 8 nitrogen and oxygen atoms in total. The van der Waals surface area contributed by atoms with Crippen LogP contribution < -0.4 is 5.32 Å². The molecule has 3 aliphatic rings. The number of hydrogen-bond acceptors (Lipinski definition) is 6. The number of carbonyl (C=O) groups excluding carboxylic acids is 1. The van der Waals surface area contributed by atoms with Gasteiger partial charge in [0.1, 0.15) is 5.25 Å². The molecule has 3 fully saturated rings. The molecule has 0 aromatic rings. The maximum atomic E-state index is 13.9. The molecule has 1 N–H and O–H groups in total. The molecule has 192 valence electrons. The Bertz CT molecular complexity index is 732. The van der Waals surface area contributed by atoms with Crippen molar-refractivity contribution in [2.45, 2.75) is 111 Å². The predicted octanol–water partition coefficient (Wildman–Crippen LogP) is 2.98. The van der Waals surface area contributed by atoms with E-state index in [1.165, 1.54) is 4.31 Å². The first-order valence-corrected chi connectivity index (χ1v) is 14.7. The third-order valence-electron chi connectivity index (χ3n) is 7.68. The smallest absolute Gasteiger partial charge is 0.235 e. The second kappa shape index (κ2) is 12.6. The zero-order chi connectivity index (χ0) is 24.0. The summed E-state index contributed by atoms with van der Waals surface area (Å²) in [5, 5.41) is 2.43. The second-order valence-corrected chi connectivity index (χ2v) is 13.1. The summed E-state index contributed by atoms with van der Waals surface area (Å²) in [5.74, 6) is -0.270. The van der Waals surface area contributed by atoms with Gasteiger partial charge in [-0.15, -0.1) is 0 Å². The number of alkyl halides is 1. The molecule has 0 radical (unpaired) electrons. The number of ether oxygens (including phenoxy) is 3. The standard InChI is InChI=1S/C23H41BrN2O6S/c1-30-18-10-12-20(31-2)19(14-18)25-23(27)15-26(17-7-5-4-6-8-17)33(28,29)22-13-16(24)9-11-21(22)32-3/h16-22H,4-15H2,1-3H3,(H,25,27). The molecule has 33 heavy (non-hydrogen) atoms. The predicted molar refractivity (Wildman–Crippen MR) is 131 cm³/mol. The minimum absolute atomic E-state index is 0.0699. The quantitative estimate of drug-likeness (QED) is 0.442. The molecular weight excluding hydrogens is 512 g/mol. The van der Waals surface area contributed by atoms with Gasteiger partial charge < -0.3 is 19.5 Å². The zero-order valence-electron chi connectivity index (χ0n) is 20.2. The Hall–Kier alpha value is -0.260. The van der Waals surface area contributed by atoms with Crippen LogP contribution in [0.15, 0.2) is 0 Å². The maximum Gasteiger partial charge on any atom is 0.235 e. The maximum absolute atomic E-state index is 13.9. The van der Waals surface area contributed by atoms with Crippen LogP contribution in [0.4, 0.5) is 0 Å². The van der Waals surface area contributed by atoms with Crippen molar-refractivity contribution in [3.8, 4) is 0 Å². The lowest BCUT2D eigenvalue weighted by Gasteiger charge is -2.40. The van der Waals surface area contributed by atoms with Gasteiger partial charge in [0.15, 0.2) is 0 Å². The van der Waals surface area contributed by atoms with Crippen LogP contribution in [-0.4, -0.2) is 87.0 Å². The number of nitrogens with zero attached hydrogens (tertiary/aromatic N) is 1. The summed E-state index contributed by atoms with van der Waals surface area (Å²) in [6.07, 6.45) is 8.73. The normalized spacial score (nSPS) is 34.3. The van der Waals surface area contributed by atoms with Crippen molar-refractivity contribution in [3.05, 3.63) is 0 Å². The van der Waals surface area contributed by atoms with Crippen LogP contribution >= 0.6 is 15.9 Å². The third-order valence-corrected chi connectivity index (χ3v) is 10.9. The van der Waals surface area contributed by atoms with E-state index in [-0.39, 0.29) is 47.7 Å². The fourth-order valence-electron chi connectivity index (χ4n) is 5.75. The molecule has 3 aliphatic carbocycles. The molecule has 0 bridgehead atoms. The molecule has 3 rings (SSSR count). The highest BCUT2D eigenvalue weighted by Crippen LogP contribution is 2.35. The highest BCUT2D eigenvalue weighted by Gasteiger charge is 2.45. The molecular formula is C23H41BrN2O6S. The van der Waals surface area contributed by atoms with Crippen LogP contribution in [0.5, 0.6) is 0 Å². The highest BCUT2D eigenvalue weighted by atomic mass is 79.9. The summed E-state index contributed by atoms with van der Waals surface area (Å²) >= 11 is 3.62. The summed E-state index contributed by atoms with van der Waals surface area (Å²) < 4.78 is 46.1. The van der Waals surface area contributed by atoms with E-state index in [1.807, 2.05) is 0 Å². The third kappa shape index (κ3) is 6.91. The van der Waals surface area contributed by atoms with E-state index in [1.54, 1.807) is 21.3 Å². The second-order valence-electron chi connectivity index (χ2n) is 9.72. The molecule has 0 saturated heterocycles. The van der Waals surface area contributed by atoms with Gasteiger partial charge in [-0.25, -0.2) is 8.42 Å². The average Bonchev–Trinajstić information content (AvgIpc) is 2.82. The molecule has 10 heteroatoms. The van der Waals surface area contributed by atoms with Crippen LogP contribution in [-0.2, 0) is 29.0 Å². The molecule has 0 aromatic heterocycles. The van der Waals surface area contributed by atoms with E-state index in [4.69, 9.17) is 14.2 Å². The van der Waals surface area contributed by atoms with E-state index >= 15 is 0 Å².